The highest BCUT2D eigenvalue weighted by atomic mass is 31.2. The average molecular weight is 846 g/mol. The second-order valence-electron chi connectivity index (χ2n) is 15.7. The van der Waals surface area contributed by atoms with Crippen molar-refractivity contribution in [2.24, 2.45) is 0 Å². The molecule has 14 heteroatoms. The Hall–Kier alpha value is -1.74. The van der Waals surface area contributed by atoms with Gasteiger partial charge in [0.05, 0.1) is 31.3 Å². The number of allylic oxidation sites excluding steroid dienone is 7. The number of unbranched alkanes of at least 4 members (excludes halogenated alkanes) is 16. The van der Waals surface area contributed by atoms with Crippen molar-refractivity contribution in [1.82, 2.24) is 5.32 Å². The molecule has 0 spiro atoms. The number of phosphoric acid groups is 1. The maximum absolute atomic E-state index is 13.0. The number of hydrogen-bond donors (Lipinski definition) is 9. The highest BCUT2D eigenvalue weighted by Gasteiger charge is 2.51. The largest absolute Gasteiger partial charge is 0.472 e. The van der Waals surface area contributed by atoms with E-state index in [-0.39, 0.29) is 6.42 Å². The molecular weight excluding hydrogens is 765 g/mol. The van der Waals surface area contributed by atoms with E-state index in [9.17, 15) is 50.0 Å². The van der Waals surface area contributed by atoms with Crippen LogP contribution in [0.2, 0.25) is 0 Å². The second-order valence-corrected chi connectivity index (χ2v) is 17.1. The summed E-state index contributed by atoms with van der Waals surface area (Å²) in [5, 5.41) is 74.2. The van der Waals surface area contributed by atoms with Crippen LogP contribution in [-0.2, 0) is 18.4 Å². The number of carbonyl (C=O) groups excluding carboxylic acids is 1. The van der Waals surface area contributed by atoms with Crippen LogP contribution in [0.3, 0.4) is 0 Å². The Morgan fingerprint density at radius 3 is 1.57 bits per heavy atom. The van der Waals surface area contributed by atoms with Crippen LogP contribution in [0.4, 0.5) is 0 Å². The monoisotopic (exact) mass is 846 g/mol. The van der Waals surface area contributed by atoms with Crippen molar-refractivity contribution in [1.29, 1.82) is 0 Å². The van der Waals surface area contributed by atoms with Crippen LogP contribution in [-0.4, -0.2) is 108 Å². The molecule has 0 radical (unpaired) electrons. The summed E-state index contributed by atoms with van der Waals surface area (Å²) in [6.45, 7) is 3.65. The average Bonchev–Trinajstić information content (AvgIpc) is 3.19. The Morgan fingerprint density at radius 1 is 0.603 bits per heavy atom. The first-order valence-electron chi connectivity index (χ1n) is 22.2. The van der Waals surface area contributed by atoms with E-state index in [1.165, 1.54) is 76.7 Å². The fraction of sp³-hybridized carbons (Fsp3) is 0.795. The third-order valence-electron chi connectivity index (χ3n) is 10.4. The van der Waals surface area contributed by atoms with Gasteiger partial charge in [-0.15, -0.1) is 0 Å². The maximum Gasteiger partial charge on any atom is 0.472 e. The van der Waals surface area contributed by atoms with Crippen molar-refractivity contribution in [3.8, 4) is 0 Å². The SMILES string of the molecule is CCCC/C=C/CC/C=C/CC/C=C/C(O)C(COP(=O)(O)OC1C(O)C(O)C(O)C(O)C1O)NC(=O)CC(O)CCCCC/C=C\CCCCCCCCCCC. The van der Waals surface area contributed by atoms with Gasteiger partial charge >= 0.3 is 7.82 Å². The molecule has 1 rings (SSSR count). The highest BCUT2D eigenvalue weighted by molar-refractivity contribution is 7.47. The van der Waals surface area contributed by atoms with E-state index in [4.69, 9.17) is 9.05 Å². The summed E-state index contributed by atoms with van der Waals surface area (Å²) in [5.74, 6) is -0.619. The maximum atomic E-state index is 13.0. The normalized spacial score (nSPS) is 24.2. The summed E-state index contributed by atoms with van der Waals surface area (Å²) < 4.78 is 22.8. The van der Waals surface area contributed by atoms with E-state index in [0.717, 1.165) is 51.4 Å². The molecule has 9 N–H and O–H groups in total. The van der Waals surface area contributed by atoms with Crippen molar-refractivity contribution in [2.75, 3.05) is 6.61 Å². The predicted octanol–water partition coefficient (Wildman–Crippen LogP) is 6.75. The lowest BCUT2D eigenvalue weighted by atomic mass is 9.85. The van der Waals surface area contributed by atoms with Gasteiger partial charge in [-0.1, -0.05) is 140 Å². The lowest BCUT2D eigenvalue weighted by molar-refractivity contribution is -0.220. The zero-order chi connectivity index (χ0) is 43.0. The minimum absolute atomic E-state index is 0.268. The van der Waals surface area contributed by atoms with Crippen molar-refractivity contribution >= 4 is 13.7 Å². The molecule has 1 aliphatic carbocycles. The molecule has 1 fully saturated rings. The third-order valence-corrected chi connectivity index (χ3v) is 11.3. The third kappa shape index (κ3) is 25.8. The van der Waals surface area contributed by atoms with Gasteiger partial charge in [0.2, 0.25) is 5.91 Å². The fourth-order valence-corrected chi connectivity index (χ4v) is 7.63. The Balaban J connectivity index is 2.60. The van der Waals surface area contributed by atoms with Gasteiger partial charge in [-0.2, -0.15) is 0 Å². The smallest absolute Gasteiger partial charge is 0.393 e. The zero-order valence-corrected chi connectivity index (χ0v) is 36.3. The number of amides is 1. The number of phosphoric ester groups is 1. The zero-order valence-electron chi connectivity index (χ0n) is 35.4. The second kappa shape index (κ2) is 33.9. The van der Waals surface area contributed by atoms with Gasteiger partial charge in [0.15, 0.2) is 0 Å². The summed E-state index contributed by atoms with van der Waals surface area (Å²) >= 11 is 0. The minimum atomic E-state index is -5.15. The van der Waals surface area contributed by atoms with Gasteiger partial charge in [-0.25, -0.2) is 4.57 Å². The quantitative estimate of drug-likeness (QED) is 0.0184. The molecule has 1 aliphatic rings. The van der Waals surface area contributed by atoms with Crippen LogP contribution < -0.4 is 5.32 Å². The van der Waals surface area contributed by atoms with E-state index in [1.807, 2.05) is 6.08 Å². The number of hydrogen-bond acceptors (Lipinski definition) is 11. The van der Waals surface area contributed by atoms with Crippen LogP contribution in [0.5, 0.6) is 0 Å². The van der Waals surface area contributed by atoms with E-state index in [0.29, 0.717) is 19.3 Å². The van der Waals surface area contributed by atoms with Crippen molar-refractivity contribution in [2.45, 2.75) is 216 Å². The number of nitrogens with one attached hydrogen (secondary N) is 1. The molecule has 0 aliphatic heterocycles. The molecule has 0 aromatic rings. The number of aliphatic hydroxyl groups is 7. The molecule has 0 saturated heterocycles. The molecule has 1 saturated carbocycles. The van der Waals surface area contributed by atoms with Crippen LogP contribution in [0.15, 0.2) is 48.6 Å². The van der Waals surface area contributed by atoms with Crippen molar-refractivity contribution in [3.05, 3.63) is 48.6 Å². The van der Waals surface area contributed by atoms with Gasteiger partial charge in [0.1, 0.15) is 36.6 Å². The molecule has 0 aromatic heterocycles. The predicted molar refractivity (Wildman–Crippen MR) is 229 cm³/mol. The lowest BCUT2D eigenvalue weighted by Crippen LogP contribution is -2.64. The number of rotatable bonds is 35. The van der Waals surface area contributed by atoms with Crippen LogP contribution in [0.25, 0.3) is 0 Å². The van der Waals surface area contributed by atoms with E-state index in [1.54, 1.807) is 6.08 Å². The highest BCUT2D eigenvalue weighted by Crippen LogP contribution is 2.47. The number of aliphatic hydroxyl groups excluding tert-OH is 7. The topological polar surface area (TPSA) is 226 Å². The summed E-state index contributed by atoms with van der Waals surface area (Å²) in [6, 6.07) is -1.27. The van der Waals surface area contributed by atoms with Crippen molar-refractivity contribution < 1.29 is 59.0 Å². The Bertz CT molecular complexity index is 1180. The van der Waals surface area contributed by atoms with E-state index < -0.39 is 75.2 Å². The van der Waals surface area contributed by atoms with E-state index >= 15 is 0 Å². The molecular formula is C44H80NO12P. The molecule has 8 atom stereocenters. The van der Waals surface area contributed by atoms with Gasteiger partial charge in [0, 0.05) is 0 Å². The lowest BCUT2D eigenvalue weighted by Gasteiger charge is -2.41. The fourth-order valence-electron chi connectivity index (χ4n) is 6.66. The molecule has 1 amide bonds. The molecule has 0 bridgehead atoms. The molecule has 338 valence electrons. The van der Waals surface area contributed by atoms with E-state index in [2.05, 4.69) is 49.5 Å². The van der Waals surface area contributed by atoms with Crippen molar-refractivity contribution in [3.63, 3.8) is 0 Å². The van der Waals surface area contributed by atoms with Crippen LogP contribution >= 0.6 is 7.82 Å². The van der Waals surface area contributed by atoms with Gasteiger partial charge in [-0.3, -0.25) is 13.8 Å². The standard InChI is InChI=1S/C44H80NO12P/c1-3-5-7-9-11-13-15-17-18-19-20-21-23-25-27-29-31-35(46)33-38(48)45-36(37(47)32-30-28-26-24-22-16-14-12-10-8-6-4-2)34-56-58(54,55)57-44-42(52)40(50)39(49)41(51)43(44)53/h10,12,20-22,24,30,32,35-37,39-44,46-47,49-53H,3-9,11,13-19,23,25-29,31,33-34H2,1-2H3,(H,45,48)(H,54,55)/b12-10+,21-20-,24-22+,32-30+. The summed E-state index contributed by atoms with van der Waals surface area (Å²) in [5.41, 5.74) is 0. The first-order chi connectivity index (χ1) is 27.8. The molecule has 0 aromatic carbocycles. The summed E-state index contributed by atoms with van der Waals surface area (Å²) in [7, 11) is -5.15. The number of carbonyl (C=O) groups is 1. The van der Waals surface area contributed by atoms with Gasteiger partial charge < -0.3 is 46.0 Å². The molecule has 58 heavy (non-hydrogen) atoms. The first kappa shape index (κ1) is 54.3. The Kier molecular flexibility index (Phi) is 31.7. The van der Waals surface area contributed by atoms with Gasteiger partial charge in [0.25, 0.3) is 0 Å². The van der Waals surface area contributed by atoms with Crippen LogP contribution in [0.1, 0.15) is 162 Å². The first-order valence-corrected chi connectivity index (χ1v) is 23.7. The summed E-state index contributed by atoms with van der Waals surface area (Å²) in [4.78, 5) is 23.4. The van der Waals surface area contributed by atoms with Crippen LogP contribution in [0, 0.1) is 0 Å². The van der Waals surface area contributed by atoms with Gasteiger partial charge in [-0.05, 0) is 64.2 Å². The summed E-state index contributed by atoms with van der Waals surface area (Å²) in [6.07, 6.45) is 25.0. The molecule has 13 nitrogen and oxygen atoms in total. The Morgan fingerprint density at radius 2 is 1.03 bits per heavy atom. The minimum Gasteiger partial charge on any atom is -0.393 e. The molecule has 8 unspecified atom stereocenters. The molecule has 0 heterocycles. The Labute approximate surface area is 349 Å².